The van der Waals surface area contributed by atoms with Gasteiger partial charge in [-0.25, -0.2) is 0 Å². The lowest BCUT2D eigenvalue weighted by molar-refractivity contribution is -0.359. The molecule has 2 saturated heterocycles. The molecule has 0 bridgehead atoms. The summed E-state index contributed by atoms with van der Waals surface area (Å²) in [6.45, 7) is 2.66. The molecule has 552 valence electrons. The van der Waals surface area contributed by atoms with E-state index in [1.807, 2.05) is 6.08 Å². The Balaban J connectivity index is 1.70. The van der Waals surface area contributed by atoms with Crippen molar-refractivity contribution in [3.63, 3.8) is 0 Å². The van der Waals surface area contributed by atoms with Crippen LogP contribution in [0.3, 0.4) is 0 Å². The minimum atomic E-state index is -1.80. The fourth-order valence-corrected chi connectivity index (χ4v) is 11.4. The van der Waals surface area contributed by atoms with Gasteiger partial charge in [-0.3, -0.25) is 4.79 Å². The number of ether oxygens (including phenoxy) is 4. The van der Waals surface area contributed by atoms with E-state index >= 15 is 0 Å². The number of nitrogens with one attached hydrogen (secondary N) is 1. The number of rotatable bonds is 61. The smallest absolute Gasteiger partial charge is 0.220 e. The van der Waals surface area contributed by atoms with Gasteiger partial charge in [0.1, 0.15) is 48.8 Å². The van der Waals surface area contributed by atoms with E-state index in [1.165, 1.54) is 128 Å². The predicted octanol–water partition coefficient (Wildman–Crippen LogP) is 17.0. The molecule has 0 saturated carbocycles. The van der Waals surface area contributed by atoms with Crippen molar-refractivity contribution < 1.29 is 64.6 Å². The summed E-state index contributed by atoms with van der Waals surface area (Å²) in [5.41, 5.74) is 0. The molecule has 14 heteroatoms. The molecule has 2 rings (SSSR count). The molecule has 2 aliphatic heterocycles. The Kier molecular flexibility index (Phi) is 59.4. The van der Waals surface area contributed by atoms with E-state index in [0.29, 0.717) is 12.8 Å². The number of unbranched alkanes of at least 4 members (excludes halogenated alkanes) is 24. The number of amides is 1. The number of hydrogen-bond acceptors (Lipinski definition) is 13. The molecule has 12 unspecified atom stereocenters. The van der Waals surface area contributed by atoms with E-state index in [2.05, 4.69) is 165 Å². The van der Waals surface area contributed by atoms with E-state index in [0.717, 1.165) is 103 Å². The highest BCUT2D eigenvalue weighted by molar-refractivity contribution is 5.76. The summed E-state index contributed by atoms with van der Waals surface area (Å²) in [5, 5.41) is 87.5. The summed E-state index contributed by atoms with van der Waals surface area (Å²) in [6, 6.07) is -0.964. The minimum Gasteiger partial charge on any atom is -0.394 e. The average Bonchev–Trinajstić information content (AvgIpc) is 0.794. The van der Waals surface area contributed by atoms with E-state index < -0.39 is 86.8 Å². The quantitative estimate of drug-likeness (QED) is 0.0204. The first-order valence-corrected chi connectivity index (χ1v) is 38.2. The zero-order valence-electron chi connectivity index (χ0n) is 60.3. The molecule has 0 aliphatic carbocycles. The minimum absolute atomic E-state index is 0.223. The van der Waals surface area contributed by atoms with E-state index in [9.17, 15) is 45.6 Å². The fourth-order valence-electron chi connectivity index (χ4n) is 11.4. The van der Waals surface area contributed by atoms with Crippen LogP contribution in [0.4, 0.5) is 0 Å². The maximum absolute atomic E-state index is 13.3. The van der Waals surface area contributed by atoms with Crippen molar-refractivity contribution in [1.82, 2.24) is 5.32 Å². The second-order valence-electron chi connectivity index (χ2n) is 26.0. The lowest BCUT2D eigenvalue weighted by Gasteiger charge is -2.46. The SMILES string of the molecule is CC/C=C\C/C=C\C/C=C\C/C=C\C/C=C\C/C=C\C/C=C\C/C=C\C/C=C\C/C=C\C/C=C\CCCCCC(=O)NC(COC1OC(CO)C(OC2OC(CO)C(O)C(O)C2O)C(O)C1O)C(O)/C=C/CC/C=C/CCCCCCCCCCCCCCCCCCCCCC. The first kappa shape index (κ1) is 88.7. The van der Waals surface area contributed by atoms with Gasteiger partial charge in [-0.15, -0.1) is 0 Å². The van der Waals surface area contributed by atoms with E-state index in [1.54, 1.807) is 6.08 Å². The average molecular weight is 1360 g/mol. The highest BCUT2D eigenvalue weighted by atomic mass is 16.7. The molecule has 9 N–H and O–H groups in total. The summed E-state index contributed by atoms with van der Waals surface area (Å²) in [6.07, 6.45) is 83.0. The van der Waals surface area contributed by atoms with Crippen molar-refractivity contribution in [2.45, 2.75) is 338 Å². The largest absolute Gasteiger partial charge is 0.394 e. The van der Waals surface area contributed by atoms with Crippen molar-refractivity contribution in [2.24, 2.45) is 0 Å². The highest BCUT2D eigenvalue weighted by Crippen LogP contribution is 2.30. The van der Waals surface area contributed by atoms with Gasteiger partial charge in [-0.05, 0) is 116 Å². The Bertz CT molecular complexity index is 2240. The monoisotopic (exact) mass is 1360 g/mol. The molecule has 2 fully saturated rings. The molecule has 0 aromatic heterocycles. The van der Waals surface area contributed by atoms with Crippen LogP contribution in [0.5, 0.6) is 0 Å². The number of carbonyl (C=O) groups is 1. The first-order valence-electron chi connectivity index (χ1n) is 38.2. The number of aliphatic hydroxyl groups is 8. The van der Waals surface area contributed by atoms with Crippen LogP contribution >= 0.6 is 0 Å². The molecule has 97 heavy (non-hydrogen) atoms. The summed E-state index contributed by atoms with van der Waals surface area (Å²) < 4.78 is 22.8. The summed E-state index contributed by atoms with van der Waals surface area (Å²) >= 11 is 0. The maximum atomic E-state index is 13.3. The Labute approximate surface area is 588 Å². The van der Waals surface area contributed by atoms with Crippen LogP contribution in [0.25, 0.3) is 0 Å². The number of allylic oxidation sites excluding steroid dienone is 25. The molecular formula is C83H137NO13. The van der Waals surface area contributed by atoms with Crippen LogP contribution in [-0.4, -0.2) is 140 Å². The van der Waals surface area contributed by atoms with Crippen molar-refractivity contribution in [3.05, 3.63) is 158 Å². The van der Waals surface area contributed by atoms with Gasteiger partial charge in [0.15, 0.2) is 12.6 Å². The van der Waals surface area contributed by atoms with Crippen molar-refractivity contribution in [1.29, 1.82) is 0 Å². The van der Waals surface area contributed by atoms with Crippen LogP contribution in [0, 0.1) is 0 Å². The summed E-state index contributed by atoms with van der Waals surface area (Å²) in [7, 11) is 0. The zero-order chi connectivity index (χ0) is 70.1. The molecule has 0 spiro atoms. The predicted molar refractivity (Wildman–Crippen MR) is 401 cm³/mol. The summed E-state index contributed by atoms with van der Waals surface area (Å²) in [5.74, 6) is -0.285. The van der Waals surface area contributed by atoms with Crippen molar-refractivity contribution in [3.8, 4) is 0 Å². The first-order chi connectivity index (χ1) is 47.6. The molecule has 0 radical (unpaired) electrons. The Morgan fingerprint density at radius 1 is 0.381 bits per heavy atom. The molecule has 14 nitrogen and oxygen atoms in total. The Morgan fingerprint density at radius 3 is 1.13 bits per heavy atom. The number of carbonyl (C=O) groups excluding carboxylic acids is 1. The normalized spacial score (nSPS) is 23.1. The van der Waals surface area contributed by atoms with Crippen LogP contribution in [-0.2, 0) is 23.7 Å². The van der Waals surface area contributed by atoms with Gasteiger partial charge in [0, 0.05) is 6.42 Å². The van der Waals surface area contributed by atoms with Gasteiger partial charge in [-0.2, -0.15) is 0 Å². The van der Waals surface area contributed by atoms with Crippen LogP contribution in [0.2, 0.25) is 0 Å². The van der Waals surface area contributed by atoms with E-state index in [-0.39, 0.29) is 18.9 Å². The second kappa shape index (κ2) is 65.0. The molecule has 12 atom stereocenters. The van der Waals surface area contributed by atoms with Gasteiger partial charge in [0.25, 0.3) is 0 Å². The molecule has 0 aromatic carbocycles. The summed E-state index contributed by atoms with van der Waals surface area (Å²) in [4.78, 5) is 13.3. The van der Waals surface area contributed by atoms with Gasteiger partial charge < -0.3 is 65.1 Å². The van der Waals surface area contributed by atoms with Crippen molar-refractivity contribution >= 4 is 5.91 Å². The zero-order valence-corrected chi connectivity index (χ0v) is 60.3. The van der Waals surface area contributed by atoms with Crippen LogP contribution in [0.1, 0.15) is 264 Å². The van der Waals surface area contributed by atoms with Crippen LogP contribution in [0.15, 0.2) is 158 Å². The standard InChI is InChI=1S/C83H137NO13/c1-3-5-7-9-11-13-15-17-19-21-23-25-27-29-31-32-33-34-35-36-37-38-39-40-41-43-45-47-49-51-53-55-57-59-61-63-65-67-75(88)84-71(70-94-82-80(93)78(91)81(74(69-86)96-82)97-83-79(92)77(90)76(89)73(68-85)95-83)72(87)66-64-62-60-58-56-54-52-50-48-46-44-42-30-28-26-24-22-20-18-16-14-12-10-8-6-4-2/h5,7,11,13,17,19,23,25,29,31,33-34,36-37,39-40,43,45,49,51,55-58,64,66,71-74,76-83,85-87,89-93H,3-4,6,8-10,12,14-16,18,20-22,24,26-28,30,32,35,38,41-42,44,46-48,50,52-54,59-63,65,67-70H2,1-2H3,(H,84,88)/b7-5-,13-11-,19-17-,25-23-,31-29-,34-33-,37-36-,40-39-,45-43-,51-49-,57-55-,58-56+,66-64+. The number of hydrogen-bond donors (Lipinski definition) is 9. The molecule has 2 heterocycles. The fraction of sp³-hybridized carbons (Fsp3) is 0.675. The van der Waals surface area contributed by atoms with Gasteiger partial charge in [-0.1, -0.05) is 300 Å². The number of aliphatic hydroxyl groups excluding tert-OH is 8. The van der Waals surface area contributed by atoms with Gasteiger partial charge >= 0.3 is 0 Å². The lowest BCUT2D eigenvalue weighted by Crippen LogP contribution is -2.65. The molecule has 0 aromatic rings. The lowest BCUT2D eigenvalue weighted by atomic mass is 9.97. The maximum Gasteiger partial charge on any atom is 0.220 e. The third kappa shape index (κ3) is 48.1. The topological polar surface area (TPSA) is 228 Å². The van der Waals surface area contributed by atoms with Crippen LogP contribution < -0.4 is 5.32 Å². The third-order valence-electron chi connectivity index (χ3n) is 17.4. The highest BCUT2D eigenvalue weighted by Gasteiger charge is 2.51. The Morgan fingerprint density at radius 2 is 0.722 bits per heavy atom. The van der Waals surface area contributed by atoms with Gasteiger partial charge in [0.05, 0.1) is 32.0 Å². The second-order valence-corrected chi connectivity index (χ2v) is 26.0. The van der Waals surface area contributed by atoms with Crippen molar-refractivity contribution in [2.75, 3.05) is 19.8 Å². The molecule has 1 amide bonds. The van der Waals surface area contributed by atoms with E-state index in [4.69, 9.17) is 18.9 Å². The van der Waals surface area contributed by atoms with Gasteiger partial charge in [0.2, 0.25) is 5.91 Å². The molecular weight excluding hydrogens is 1220 g/mol. The molecule has 2 aliphatic rings. The Hall–Kier alpha value is -4.39. The third-order valence-corrected chi connectivity index (χ3v) is 17.4.